The molecule has 72 valence electrons. The molecule has 0 aromatic carbocycles. The van der Waals surface area contributed by atoms with Crippen LogP contribution in [0, 0.1) is 12.2 Å². The Bertz CT molecular complexity index is 105. The molecule has 0 saturated heterocycles. The second-order valence-electron chi connectivity index (χ2n) is 2.60. The van der Waals surface area contributed by atoms with Crippen molar-refractivity contribution in [3.8, 4) is 0 Å². The summed E-state index contributed by atoms with van der Waals surface area (Å²) in [5.74, 6) is 0. The zero-order valence-electron chi connectivity index (χ0n) is 7.65. The SMILES string of the molecule is [Br-].[Br-].[C-]1=CCCC1.[C-]1=CCCC1.[Zr+4]. The average molecular weight is 385 g/mol. The first-order valence-corrected chi connectivity index (χ1v) is 4.10. The molecule has 0 spiro atoms. The molecule has 0 aliphatic heterocycles. The van der Waals surface area contributed by atoms with Crippen LogP contribution >= 0.6 is 0 Å². The van der Waals surface area contributed by atoms with Gasteiger partial charge in [0.25, 0.3) is 0 Å². The molecule has 0 atom stereocenters. The molecular formula is C10H14Br2Zr. The van der Waals surface area contributed by atoms with E-state index in [1.165, 1.54) is 38.5 Å². The van der Waals surface area contributed by atoms with Crippen LogP contribution in [0.15, 0.2) is 12.2 Å². The second kappa shape index (κ2) is 15.8. The van der Waals surface area contributed by atoms with E-state index in [2.05, 4.69) is 24.3 Å². The molecule has 2 rings (SSSR count). The Balaban J connectivity index is -0.000000125. The predicted molar refractivity (Wildman–Crippen MR) is 43.3 cm³/mol. The van der Waals surface area contributed by atoms with Crippen LogP contribution in [0.1, 0.15) is 38.5 Å². The van der Waals surface area contributed by atoms with E-state index >= 15 is 0 Å². The molecule has 0 radical (unpaired) electrons. The van der Waals surface area contributed by atoms with Gasteiger partial charge in [-0.15, -0.1) is 0 Å². The van der Waals surface area contributed by atoms with Crippen LogP contribution in [-0.2, 0) is 26.2 Å². The quantitative estimate of drug-likeness (QED) is 0.392. The van der Waals surface area contributed by atoms with Crippen LogP contribution < -0.4 is 34.0 Å². The summed E-state index contributed by atoms with van der Waals surface area (Å²) < 4.78 is 0. The summed E-state index contributed by atoms with van der Waals surface area (Å²) in [6, 6.07) is 0. The number of halogens is 2. The first-order valence-electron chi connectivity index (χ1n) is 4.10. The summed E-state index contributed by atoms with van der Waals surface area (Å²) in [5, 5.41) is 0. The molecule has 0 N–H and O–H groups in total. The molecule has 2 aliphatic rings. The molecule has 2 aliphatic carbocycles. The average Bonchev–Trinajstić information content (AvgIpc) is 2.67. The van der Waals surface area contributed by atoms with Gasteiger partial charge in [-0.05, 0) is 0 Å². The fourth-order valence-corrected chi connectivity index (χ4v) is 1.02. The van der Waals surface area contributed by atoms with E-state index in [0.717, 1.165) is 0 Å². The van der Waals surface area contributed by atoms with Gasteiger partial charge >= 0.3 is 26.2 Å². The topological polar surface area (TPSA) is 0 Å². The molecule has 0 fully saturated rings. The van der Waals surface area contributed by atoms with Gasteiger partial charge in [0.1, 0.15) is 0 Å². The van der Waals surface area contributed by atoms with Crippen molar-refractivity contribution >= 4 is 0 Å². The van der Waals surface area contributed by atoms with E-state index in [-0.39, 0.29) is 60.2 Å². The van der Waals surface area contributed by atoms with Crippen molar-refractivity contribution in [2.75, 3.05) is 0 Å². The third-order valence-corrected chi connectivity index (χ3v) is 1.63. The summed E-state index contributed by atoms with van der Waals surface area (Å²) in [4.78, 5) is 0. The number of hydrogen-bond donors (Lipinski definition) is 0. The summed E-state index contributed by atoms with van der Waals surface area (Å²) in [7, 11) is 0. The van der Waals surface area contributed by atoms with Crippen LogP contribution in [0.25, 0.3) is 0 Å². The first-order chi connectivity index (χ1) is 5.00. The molecular weight excluding hydrogens is 371 g/mol. The zero-order chi connectivity index (χ0) is 7.07. The van der Waals surface area contributed by atoms with Gasteiger partial charge in [-0.1, -0.05) is 25.7 Å². The number of hydrogen-bond acceptors (Lipinski definition) is 0. The second-order valence-corrected chi connectivity index (χ2v) is 2.60. The van der Waals surface area contributed by atoms with E-state index in [1.54, 1.807) is 0 Å². The Morgan fingerprint density at radius 3 is 1.23 bits per heavy atom. The Morgan fingerprint density at radius 2 is 1.15 bits per heavy atom. The number of allylic oxidation sites excluding steroid dienone is 4. The predicted octanol–water partition coefficient (Wildman–Crippen LogP) is -2.94. The molecule has 0 amide bonds. The van der Waals surface area contributed by atoms with Gasteiger partial charge in [0.15, 0.2) is 0 Å². The molecule has 0 saturated carbocycles. The van der Waals surface area contributed by atoms with E-state index in [1.807, 2.05) is 0 Å². The van der Waals surface area contributed by atoms with Crippen molar-refractivity contribution in [1.29, 1.82) is 0 Å². The molecule has 0 nitrogen and oxygen atoms in total. The van der Waals surface area contributed by atoms with E-state index < -0.39 is 0 Å². The molecule has 0 aromatic heterocycles. The molecule has 3 heteroatoms. The third kappa shape index (κ3) is 13.3. The maximum absolute atomic E-state index is 3.10. The Labute approximate surface area is 122 Å². The molecule has 13 heavy (non-hydrogen) atoms. The minimum Gasteiger partial charge on any atom is -1.00 e. The van der Waals surface area contributed by atoms with Gasteiger partial charge in [-0.2, -0.15) is 12.8 Å². The van der Waals surface area contributed by atoms with Crippen molar-refractivity contribution in [3.63, 3.8) is 0 Å². The summed E-state index contributed by atoms with van der Waals surface area (Å²) in [5.41, 5.74) is 0. The van der Waals surface area contributed by atoms with Gasteiger partial charge in [0.05, 0.1) is 0 Å². The molecule has 0 unspecified atom stereocenters. The molecule has 0 heterocycles. The van der Waals surface area contributed by atoms with Crippen molar-refractivity contribution < 1.29 is 60.2 Å². The Morgan fingerprint density at radius 1 is 0.769 bits per heavy atom. The molecule has 0 aromatic rings. The van der Waals surface area contributed by atoms with Crippen LogP contribution in [-0.4, -0.2) is 0 Å². The first kappa shape index (κ1) is 19.8. The summed E-state index contributed by atoms with van der Waals surface area (Å²) in [6.45, 7) is 0. The Kier molecular flexibility index (Phi) is 24.1. The normalized spacial score (nSPS) is 16.0. The zero-order valence-corrected chi connectivity index (χ0v) is 13.3. The smallest absolute Gasteiger partial charge is 1.00 e. The van der Waals surface area contributed by atoms with Crippen LogP contribution in [0.5, 0.6) is 0 Å². The van der Waals surface area contributed by atoms with E-state index in [9.17, 15) is 0 Å². The van der Waals surface area contributed by atoms with Crippen LogP contribution in [0.4, 0.5) is 0 Å². The summed E-state index contributed by atoms with van der Waals surface area (Å²) >= 11 is 0. The van der Waals surface area contributed by atoms with Gasteiger partial charge in [0.2, 0.25) is 0 Å². The Hall–Kier alpha value is 1.32. The summed E-state index contributed by atoms with van der Waals surface area (Å²) in [6.07, 6.45) is 18.0. The fraction of sp³-hybridized carbons (Fsp3) is 0.600. The van der Waals surface area contributed by atoms with Crippen molar-refractivity contribution in [3.05, 3.63) is 24.3 Å². The fourth-order valence-electron chi connectivity index (χ4n) is 1.02. The van der Waals surface area contributed by atoms with Crippen LogP contribution in [0.3, 0.4) is 0 Å². The van der Waals surface area contributed by atoms with Gasteiger partial charge in [-0.25, -0.2) is 0 Å². The van der Waals surface area contributed by atoms with E-state index in [4.69, 9.17) is 0 Å². The van der Waals surface area contributed by atoms with Gasteiger partial charge < -0.3 is 46.1 Å². The van der Waals surface area contributed by atoms with Gasteiger partial charge in [0, 0.05) is 0 Å². The molecule has 0 bridgehead atoms. The minimum absolute atomic E-state index is 0. The van der Waals surface area contributed by atoms with Crippen molar-refractivity contribution in [1.82, 2.24) is 0 Å². The minimum atomic E-state index is 0. The van der Waals surface area contributed by atoms with E-state index in [0.29, 0.717) is 0 Å². The standard InChI is InChI=1S/2C5H7.2BrH.Zr/c2*1-2-4-5-3-1;;;/h2*1H,2,4-5H2;2*1H;/q2*-1;;;+4/p-2. The largest absolute Gasteiger partial charge is 4.00 e. The van der Waals surface area contributed by atoms with Crippen molar-refractivity contribution in [2.24, 2.45) is 0 Å². The van der Waals surface area contributed by atoms with Crippen molar-refractivity contribution in [2.45, 2.75) is 38.5 Å². The van der Waals surface area contributed by atoms with Crippen LogP contribution in [0.2, 0.25) is 0 Å². The number of rotatable bonds is 0. The third-order valence-electron chi connectivity index (χ3n) is 1.63. The maximum atomic E-state index is 3.10. The maximum Gasteiger partial charge on any atom is 4.00 e. The monoisotopic (exact) mass is 382 g/mol. The van der Waals surface area contributed by atoms with Gasteiger partial charge in [-0.3, -0.25) is 12.2 Å².